The molecule has 4 rings (SSSR count). The molecular formula is C23H24FN5O2. The number of nitrogens with zero attached hydrogens (tertiary/aromatic N) is 4. The molecule has 1 unspecified atom stereocenters. The minimum absolute atomic E-state index is 0.126. The quantitative estimate of drug-likeness (QED) is 0.648. The molecule has 1 amide bonds. The summed E-state index contributed by atoms with van der Waals surface area (Å²) in [6.45, 7) is 5.67. The Kier molecular flexibility index (Phi) is 5.13. The zero-order valence-electron chi connectivity index (χ0n) is 17.8. The molecular weight excluding hydrogens is 397 g/mol. The van der Waals surface area contributed by atoms with Crippen LogP contribution in [0.5, 0.6) is 0 Å². The van der Waals surface area contributed by atoms with E-state index >= 15 is 4.39 Å². The molecule has 3 heterocycles. The van der Waals surface area contributed by atoms with Crippen molar-refractivity contribution in [3.8, 4) is 17.3 Å². The molecule has 31 heavy (non-hydrogen) atoms. The largest absolute Gasteiger partial charge is 0.444 e. The summed E-state index contributed by atoms with van der Waals surface area (Å²) in [6.07, 6.45) is 0.235. The zero-order chi connectivity index (χ0) is 22.2. The number of likely N-dealkylation sites (tertiary alicyclic amines) is 1. The van der Waals surface area contributed by atoms with E-state index in [0.717, 1.165) is 5.56 Å². The van der Waals surface area contributed by atoms with Crippen LogP contribution in [0.2, 0.25) is 0 Å². The maximum Gasteiger partial charge on any atom is 0.410 e. The van der Waals surface area contributed by atoms with Crippen LogP contribution in [-0.2, 0) is 10.4 Å². The number of aromatic amines is 1. The van der Waals surface area contributed by atoms with Crippen LogP contribution in [0.4, 0.5) is 9.18 Å². The number of halogens is 1. The maximum absolute atomic E-state index is 15.9. The van der Waals surface area contributed by atoms with Gasteiger partial charge in [-0.05, 0) is 57.9 Å². The molecule has 160 valence electrons. The number of alkyl halides is 1. The van der Waals surface area contributed by atoms with E-state index in [4.69, 9.17) is 10.00 Å². The number of nitrogens with one attached hydrogen (secondary N) is 1. The summed E-state index contributed by atoms with van der Waals surface area (Å²) in [5.41, 5.74) is 0.522. The number of nitriles is 1. The van der Waals surface area contributed by atoms with Crippen molar-refractivity contribution in [2.45, 2.75) is 44.9 Å². The molecule has 1 fully saturated rings. The minimum atomic E-state index is -1.81. The summed E-state index contributed by atoms with van der Waals surface area (Å²) in [5.74, 6) is 0.159. The molecule has 0 bridgehead atoms. The highest BCUT2D eigenvalue weighted by atomic mass is 19.1. The minimum Gasteiger partial charge on any atom is -0.444 e. The first-order valence-corrected chi connectivity index (χ1v) is 10.2. The van der Waals surface area contributed by atoms with Gasteiger partial charge in [-0.15, -0.1) is 0 Å². The van der Waals surface area contributed by atoms with Gasteiger partial charge >= 0.3 is 6.09 Å². The molecule has 8 heteroatoms. The Hall–Kier alpha value is -3.47. The summed E-state index contributed by atoms with van der Waals surface area (Å²) in [4.78, 5) is 25.8. The van der Waals surface area contributed by atoms with Crippen molar-refractivity contribution >= 4 is 17.3 Å². The zero-order valence-corrected chi connectivity index (χ0v) is 17.8. The number of imidazole rings is 1. The molecule has 1 atom stereocenters. The summed E-state index contributed by atoms with van der Waals surface area (Å²) in [5, 5.41) is 9.11. The Balaban J connectivity index is 1.61. The third-order valence-electron chi connectivity index (χ3n) is 5.15. The fourth-order valence-corrected chi connectivity index (χ4v) is 3.70. The normalized spacial score (nSPS) is 19.3. The number of hydrogen-bond donors (Lipinski definition) is 1. The first-order chi connectivity index (χ1) is 14.7. The monoisotopic (exact) mass is 421 g/mol. The number of aromatic nitrogens is 3. The number of carbonyl (C=O) groups is 1. The van der Waals surface area contributed by atoms with Gasteiger partial charge in [0.15, 0.2) is 11.3 Å². The van der Waals surface area contributed by atoms with Gasteiger partial charge in [0.05, 0.1) is 29.4 Å². The van der Waals surface area contributed by atoms with Crippen LogP contribution < -0.4 is 0 Å². The van der Waals surface area contributed by atoms with Crippen molar-refractivity contribution < 1.29 is 13.9 Å². The fraction of sp³-hybridized carbons (Fsp3) is 0.391. The van der Waals surface area contributed by atoms with Gasteiger partial charge in [-0.2, -0.15) is 5.26 Å². The van der Waals surface area contributed by atoms with Crippen LogP contribution in [0.15, 0.2) is 36.4 Å². The van der Waals surface area contributed by atoms with Crippen LogP contribution in [-0.4, -0.2) is 44.6 Å². The van der Waals surface area contributed by atoms with E-state index in [2.05, 4.69) is 21.0 Å². The number of fused-ring (bicyclic) bond motifs is 1. The molecule has 1 N–H and O–H groups in total. The van der Waals surface area contributed by atoms with Crippen molar-refractivity contribution in [2.75, 3.05) is 13.1 Å². The van der Waals surface area contributed by atoms with Crippen molar-refractivity contribution in [2.24, 2.45) is 0 Å². The van der Waals surface area contributed by atoms with Gasteiger partial charge in [0.1, 0.15) is 11.4 Å². The summed E-state index contributed by atoms with van der Waals surface area (Å²) >= 11 is 0. The van der Waals surface area contributed by atoms with Crippen molar-refractivity contribution in [3.63, 3.8) is 0 Å². The first kappa shape index (κ1) is 20.8. The number of hydrogen-bond acceptors (Lipinski definition) is 5. The Morgan fingerprint density at radius 1 is 1.29 bits per heavy atom. The number of rotatable bonds is 2. The SMILES string of the molecule is CC(C)(C)OC(=O)N1CCCC(F)(c2nc3nc(-c4cccc(C#N)c4)ccc3[nH]2)C1. The summed E-state index contributed by atoms with van der Waals surface area (Å²) in [7, 11) is 0. The molecule has 1 aromatic carbocycles. The van der Waals surface area contributed by atoms with E-state index < -0.39 is 17.4 Å². The lowest BCUT2D eigenvalue weighted by atomic mass is 9.94. The van der Waals surface area contributed by atoms with E-state index in [1.807, 2.05) is 6.07 Å². The van der Waals surface area contributed by atoms with Gasteiger partial charge in [0, 0.05) is 12.1 Å². The highest BCUT2D eigenvalue weighted by molar-refractivity contribution is 5.76. The van der Waals surface area contributed by atoms with Crippen LogP contribution in [0.25, 0.3) is 22.4 Å². The lowest BCUT2D eigenvalue weighted by molar-refractivity contribution is -0.00876. The average molecular weight is 421 g/mol. The molecule has 1 saturated heterocycles. The van der Waals surface area contributed by atoms with Crippen molar-refractivity contribution in [3.05, 3.63) is 47.8 Å². The summed E-state index contributed by atoms with van der Waals surface area (Å²) < 4.78 is 21.3. The number of benzene rings is 1. The van der Waals surface area contributed by atoms with Gasteiger partial charge in [-0.25, -0.2) is 19.2 Å². The van der Waals surface area contributed by atoms with E-state index in [1.54, 1.807) is 51.1 Å². The highest BCUT2D eigenvalue weighted by Crippen LogP contribution is 2.35. The Morgan fingerprint density at radius 3 is 2.84 bits per heavy atom. The average Bonchev–Trinajstić information content (AvgIpc) is 3.17. The van der Waals surface area contributed by atoms with Crippen molar-refractivity contribution in [1.29, 1.82) is 5.26 Å². The Bertz CT molecular complexity index is 1180. The molecule has 3 aromatic rings. The molecule has 7 nitrogen and oxygen atoms in total. The molecule has 1 aliphatic rings. The first-order valence-electron chi connectivity index (χ1n) is 10.2. The number of ether oxygens (including phenoxy) is 1. The predicted octanol–water partition coefficient (Wildman–Crippen LogP) is 4.69. The maximum atomic E-state index is 15.9. The van der Waals surface area contributed by atoms with Crippen molar-refractivity contribution in [1.82, 2.24) is 19.9 Å². The van der Waals surface area contributed by atoms with Gasteiger partial charge in [0.25, 0.3) is 0 Å². The molecule has 0 spiro atoms. The molecule has 1 aliphatic heterocycles. The molecule has 0 aliphatic carbocycles. The second-order valence-electron chi connectivity index (χ2n) is 8.82. The lowest BCUT2D eigenvalue weighted by Crippen LogP contribution is -2.48. The summed E-state index contributed by atoms with van der Waals surface area (Å²) in [6, 6.07) is 12.8. The predicted molar refractivity (Wildman–Crippen MR) is 114 cm³/mol. The number of H-pyrrole nitrogens is 1. The van der Waals surface area contributed by atoms with Gasteiger partial charge in [0.2, 0.25) is 0 Å². The fourth-order valence-electron chi connectivity index (χ4n) is 3.70. The third-order valence-corrected chi connectivity index (χ3v) is 5.15. The Morgan fingerprint density at radius 2 is 2.10 bits per heavy atom. The van der Waals surface area contributed by atoms with E-state index in [-0.39, 0.29) is 18.8 Å². The van der Waals surface area contributed by atoms with E-state index in [0.29, 0.717) is 35.4 Å². The van der Waals surface area contributed by atoms with Crippen LogP contribution in [0.3, 0.4) is 0 Å². The highest BCUT2D eigenvalue weighted by Gasteiger charge is 2.42. The van der Waals surface area contributed by atoms with Gasteiger partial charge < -0.3 is 14.6 Å². The van der Waals surface area contributed by atoms with E-state index in [1.165, 1.54) is 4.90 Å². The van der Waals surface area contributed by atoms with Gasteiger partial charge in [-0.1, -0.05) is 12.1 Å². The number of piperidine rings is 1. The van der Waals surface area contributed by atoms with Crippen LogP contribution >= 0.6 is 0 Å². The smallest absolute Gasteiger partial charge is 0.410 e. The standard InChI is InChI=1S/C23H24FN5O2/c1-22(2,3)31-21(30)29-11-5-10-23(24,14-29)20-27-18-9-8-17(26-19(18)28-20)16-7-4-6-15(12-16)13-25/h4,6-9,12H,5,10-11,14H2,1-3H3,(H,26,27,28). The third kappa shape index (κ3) is 4.36. The molecule has 2 aromatic heterocycles. The molecule has 0 saturated carbocycles. The number of amides is 1. The second-order valence-corrected chi connectivity index (χ2v) is 8.82. The lowest BCUT2D eigenvalue weighted by Gasteiger charge is -2.36. The van der Waals surface area contributed by atoms with E-state index in [9.17, 15) is 4.79 Å². The van der Waals surface area contributed by atoms with Crippen LogP contribution in [0, 0.1) is 11.3 Å². The topological polar surface area (TPSA) is 94.9 Å². The Labute approximate surface area is 179 Å². The van der Waals surface area contributed by atoms with Crippen LogP contribution in [0.1, 0.15) is 45.0 Å². The molecule has 0 radical (unpaired) electrons. The number of carbonyl (C=O) groups excluding carboxylic acids is 1. The number of pyridine rings is 1. The van der Waals surface area contributed by atoms with Gasteiger partial charge in [-0.3, -0.25) is 0 Å². The second kappa shape index (κ2) is 7.65.